The highest BCUT2D eigenvalue weighted by molar-refractivity contribution is 7.09. The van der Waals surface area contributed by atoms with Crippen molar-refractivity contribution in [2.75, 3.05) is 33.7 Å². The summed E-state index contributed by atoms with van der Waals surface area (Å²) in [6, 6.07) is 5.26. The van der Waals surface area contributed by atoms with Gasteiger partial charge in [0.1, 0.15) is 0 Å². The Labute approximate surface area is 114 Å². The highest BCUT2D eigenvalue weighted by Gasteiger charge is 2.25. The lowest BCUT2D eigenvalue weighted by Crippen LogP contribution is -2.53. The molecule has 2 atom stereocenters. The monoisotopic (exact) mass is 268 g/mol. The van der Waals surface area contributed by atoms with Gasteiger partial charge in [-0.3, -0.25) is 11.3 Å². The smallest absolute Gasteiger partial charge is 0.0274 e. The second-order valence-corrected chi connectivity index (χ2v) is 6.31. The summed E-state index contributed by atoms with van der Waals surface area (Å²) in [6.07, 6.45) is 2.14. The van der Waals surface area contributed by atoms with Crippen LogP contribution in [0, 0.1) is 0 Å². The van der Waals surface area contributed by atoms with Gasteiger partial charge in [0.15, 0.2) is 0 Å². The Hall–Kier alpha value is -0.460. The number of likely N-dealkylation sites (N-methyl/N-ethyl adjacent to an activating group) is 2. The minimum atomic E-state index is 0.364. The molecule has 3 N–H and O–H groups in total. The Morgan fingerprint density at radius 3 is 3.00 bits per heavy atom. The molecule has 0 bridgehead atoms. The second-order valence-electron chi connectivity index (χ2n) is 5.28. The second kappa shape index (κ2) is 6.63. The van der Waals surface area contributed by atoms with Crippen LogP contribution in [0.5, 0.6) is 0 Å². The highest BCUT2D eigenvalue weighted by Crippen LogP contribution is 2.16. The van der Waals surface area contributed by atoms with Crippen molar-refractivity contribution in [1.29, 1.82) is 0 Å². The van der Waals surface area contributed by atoms with Gasteiger partial charge in [0, 0.05) is 36.6 Å². The van der Waals surface area contributed by atoms with Crippen molar-refractivity contribution < 1.29 is 0 Å². The summed E-state index contributed by atoms with van der Waals surface area (Å²) in [7, 11) is 4.42. The molecule has 1 aromatic rings. The molecule has 2 heterocycles. The summed E-state index contributed by atoms with van der Waals surface area (Å²) >= 11 is 1.81. The molecule has 1 saturated heterocycles. The van der Waals surface area contributed by atoms with Crippen LogP contribution in [0.2, 0.25) is 0 Å². The molecule has 1 aliphatic heterocycles. The van der Waals surface area contributed by atoms with Crippen molar-refractivity contribution in [3.63, 3.8) is 0 Å². The van der Waals surface area contributed by atoms with E-state index >= 15 is 0 Å². The first-order valence-corrected chi connectivity index (χ1v) is 7.44. The highest BCUT2D eigenvalue weighted by atomic mass is 32.1. The zero-order valence-corrected chi connectivity index (χ0v) is 12.1. The lowest BCUT2D eigenvalue weighted by atomic mass is 10.0. The van der Waals surface area contributed by atoms with E-state index in [0.29, 0.717) is 12.1 Å². The van der Waals surface area contributed by atoms with Gasteiger partial charge in [-0.25, -0.2) is 0 Å². The summed E-state index contributed by atoms with van der Waals surface area (Å²) in [5, 5.41) is 2.13. The van der Waals surface area contributed by atoms with Crippen molar-refractivity contribution in [3.8, 4) is 0 Å². The van der Waals surface area contributed by atoms with Gasteiger partial charge >= 0.3 is 0 Å². The maximum atomic E-state index is 5.71. The van der Waals surface area contributed by atoms with Crippen LogP contribution in [0.15, 0.2) is 17.5 Å². The summed E-state index contributed by atoms with van der Waals surface area (Å²) in [5.41, 5.74) is 2.98. The molecule has 0 amide bonds. The topological polar surface area (TPSA) is 44.5 Å². The minimum absolute atomic E-state index is 0.364. The van der Waals surface area contributed by atoms with E-state index in [4.69, 9.17) is 5.84 Å². The Balaban J connectivity index is 1.88. The molecule has 0 aliphatic carbocycles. The lowest BCUT2D eigenvalue weighted by Gasteiger charge is -2.39. The fraction of sp³-hybridized carbons (Fsp3) is 0.692. The van der Waals surface area contributed by atoms with Gasteiger partial charge in [-0.05, 0) is 38.4 Å². The maximum absolute atomic E-state index is 5.71. The third kappa shape index (κ3) is 3.76. The van der Waals surface area contributed by atoms with E-state index in [-0.39, 0.29) is 0 Å². The Kier molecular flexibility index (Phi) is 5.14. The van der Waals surface area contributed by atoms with Crippen LogP contribution in [0.3, 0.4) is 0 Å². The molecule has 102 valence electrons. The first kappa shape index (κ1) is 14.0. The van der Waals surface area contributed by atoms with Crippen molar-refractivity contribution in [3.05, 3.63) is 22.4 Å². The number of thiophene rings is 1. The van der Waals surface area contributed by atoms with E-state index < -0.39 is 0 Å². The molecule has 0 saturated carbocycles. The van der Waals surface area contributed by atoms with Crippen molar-refractivity contribution in [2.24, 2.45) is 5.84 Å². The van der Waals surface area contributed by atoms with Gasteiger partial charge in [-0.2, -0.15) is 0 Å². The van der Waals surface area contributed by atoms with E-state index in [1.165, 1.54) is 11.4 Å². The quantitative estimate of drug-likeness (QED) is 0.611. The van der Waals surface area contributed by atoms with Crippen molar-refractivity contribution in [2.45, 2.75) is 24.9 Å². The Morgan fingerprint density at radius 1 is 1.50 bits per heavy atom. The van der Waals surface area contributed by atoms with Crippen LogP contribution in [0.1, 0.15) is 11.3 Å². The number of nitrogens with zero attached hydrogens (tertiary/aromatic N) is 2. The van der Waals surface area contributed by atoms with E-state index in [0.717, 1.165) is 25.9 Å². The van der Waals surface area contributed by atoms with Crippen molar-refractivity contribution >= 4 is 11.3 Å². The van der Waals surface area contributed by atoms with Gasteiger partial charge in [-0.15, -0.1) is 11.3 Å². The van der Waals surface area contributed by atoms with Gasteiger partial charge in [0.2, 0.25) is 0 Å². The van der Waals surface area contributed by atoms with Crippen molar-refractivity contribution in [1.82, 2.24) is 15.2 Å². The Morgan fingerprint density at radius 2 is 2.33 bits per heavy atom. The molecule has 0 aromatic carbocycles. The number of hydrogen-bond donors (Lipinski definition) is 2. The van der Waals surface area contributed by atoms with Crippen LogP contribution >= 0.6 is 11.3 Å². The van der Waals surface area contributed by atoms with Crippen LogP contribution in [-0.2, 0) is 6.42 Å². The molecular formula is C13H24N4S. The molecule has 1 fully saturated rings. The minimum Gasteiger partial charge on any atom is -0.304 e. The average Bonchev–Trinajstić information content (AvgIpc) is 2.85. The molecule has 0 spiro atoms. The fourth-order valence-electron chi connectivity index (χ4n) is 2.57. The number of hydrogen-bond acceptors (Lipinski definition) is 5. The van der Waals surface area contributed by atoms with Gasteiger partial charge in [0.05, 0.1) is 0 Å². The SMILES string of the molecule is CN1CCN(C)C(CC(Cc2cccs2)NN)C1. The van der Waals surface area contributed by atoms with Crippen LogP contribution in [0.25, 0.3) is 0 Å². The van der Waals surface area contributed by atoms with E-state index in [2.05, 4.69) is 46.8 Å². The van der Waals surface area contributed by atoms with E-state index in [1.807, 2.05) is 11.3 Å². The van der Waals surface area contributed by atoms with Crippen LogP contribution in [0.4, 0.5) is 0 Å². The molecule has 0 radical (unpaired) electrons. The zero-order chi connectivity index (χ0) is 13.0. The zero-order valence-electron chi connectivity index (χ0n) is 11.3. The van der Waals surface area contributed by atoms with E-state index in [9.17, 15) is 0 Å². The van der Waals surface area contributed by atoms with Crippen LogP contribution < -0.4 is 11.3 Å². The molecule has 2 unspecified atom stereocenters. The number of nitrogens with one attached hydrogen (secondary N) is 1. The summed E-state index contributed by atoms with van der Waals surface area (Å²) in [4.78, 5) is 6.27. The first-order chi connectivity index (χ1) is 8.69. The van der Waals surface area contributed by atoms with Gasteiger partial charge in [-0.1, -0.05) is 6.07 Å². The predicted octanol–water partition coefficient (Wildman–Crippen LogP) is 0.758. The summed E-state index contributed by atoms with van der Waals surface area (Å²) < 4.78 is 0. The summed E-state index contributed by atoms with van der Waals surface area (Å²) in [6.45, 7) is 3.45. The summed E-state index contributed by atoms with van der Waals surface area (Å²) in [5.74, 6) is 5.71. The third-order valence-corrected chi connectivity index (χ3v) is 4.70. The average molecular weight is 268 g/mol. The fourth-order valence-corrected chi connectivity index (χ4v) is 3.35. The Bertz CT molecular complexity index is 341. The molecule has 2 rings (SSSR count). The molecule has 1 aromatic heterocycles. The number of rotatable bonds is 5. The number of nitrogens with two attached hydrogens (primary N) is 1. The third-order valence-electron chi connectivity index (χ3n) is 3.80. The number of hydrazine groups is 1. The predicted molar refractivity (Wildman–Crippen MR) is 77.7 cm³/mol. The molecular weight excluding hydrogens is 244 g/mol. The normalized spacial score (nSPS) is 24.3. The molecule has 1 aliphatic rings. The standard InChI is InChI=1S/C13H24N4S/c1-16-5-6-17(2)12(10-16)8-11(15-14)9-13-4-3-7-18-13/h3-4,7,11-12,15H,5-6,8-10,14H2,1-2H3. The molecule has 4 nitrogen and oxygen atoms in total. The number of piperazine rings is 1. The molecule has 5 heteroatoms. The van der Waals surface area contributed by atoms with Gasteiger partial charge in [0.25, 0.3) is 0 Å². The largest absolute Gasteiger partial charge is 0.304 e. The first-order valence-electron chi connectivity index (χ1n) is 6.56. The lowest BCUT2D eigenvalue weighted by molar-refractivity contribution is 0.101. The van der Waals surface area contributed by atoms with Gasteiger partial charge < -0.3 is 9.80 Å². The maximum Gasteiger partial charge on any atom is 0.0274 e. The van der Waals surface area contributed by atoms with E-state index in [1.54, 1.807) is 0 Å². The van der Waals surface area contributed by atoms with Crippen LogP contribution in [-0.4, -0.2) is 55.6 Å². The molecule has 18 heavy (non-hydrogen) atoms.